The second kappa shape index (κ2) is 8.26. The Morgan fingerprint density at radius 1 is 1.08 bits per heavy atom. The summed E-state index contributed by atoms with van der Waals surface area (Å²) < 4.78 is 0. The van der Waals surface area contributed by atoms with Gasteiger partial charge in [-0.15, -0.1) is 0 Å². The summed E-state index contributed by atoms with van der Waals surface area (Å²) in [4.78, 5) is 26.4. The second-order valence-corrected chi connectivity index (χ2v) is 5.83. The van der Waals surface area contributed by atoms with Crippen LogP contribution in [0.4, 0.5) is 5.69 Å². The highest BCUT2D eigenvalue weighted by atomic mass is 16.2. The van der Waals surface area contributed by atoms with Crippen LogP contribution >= 0.6 is 0 Å². The number of nitrogens with zero attached hydrogens (tertiary/aromatic N) is 1. The van der Waals surface area contributed by atoms with Crippen LogP contribution in [-0.2, 0) is 0 Å². The van der Waals surface area contributed by atoms with Crippen molar-refractivity contribution in [2.45, 2.75) is 6.92 Å². The van der Waals surface area contributed by atoms with Gasteiger partial charge in [0.25, 0.3) is 11.8 Å². The van der Waals surface area contributed by atoms with E-state index >= 15 is 0 Å². The van der Waals surface area contributed by atoms with E-state index in [0.29, 0.717) is 24.2 Å². The van der Waals surface area contributed by atoms with Gasteiger partial charge in [0.2, 0.25) is 0 Å². The molecule has 0 heterocycles. The van der Waals surface area contributed by atoms with Gasteiger partial charge < -0.3 is 16.0 Å². The summed E-state index contributed by atoms with van der Waals surface area (Å²) in [6.45, 7) is 2.99. The fourth-order valence-corrected chi connectivity index (χ4v) is 2.21. The Morgan fingerprint density at radius 2 is 1.75 bits per heavy atom. The molecular formula is C19H23N3O2. The molecule has 1 unspecified atom stereocenters. The molecule has 24 heavy (non-hydrogen) atoms. The van der Waals surface area contributed by atoms with E-state index in [-0.39, 0.29) is 17.7 Å². The van der Waals surface area contributed by atoms with Crippen LogP contribution in [0, 0.1) is 5.92 Å². The minimum absolute atomic E-state index is 0.161. The molecule has 2 amide bonds. The summed E-state index contributed by atoms with van der Waals surface area (Å²) in [5.74, 6) is -0.151. The van der Waals surface area contributed by atoms with E-state index in [4.69, 9.17) is 5.73 Å². The summed E-state index contributed by atoms with van der Waals surface area (Å²) in [5, 5.41) is 2.83. The van der Waals surface area contributed by atoms with Gasteiger partial charge in [-0.1, -0.05) is 31.2 Å². The van der Waals surface area contributed by atoms with Crippen molar-refractivity contribution in [3.63, 3.8) is 0 Å². The molecule has 0 spiro atoms. The van der Waals surface area contributed by atoms with Gasteiger partial charge in [0.1, 0.15) is 0 Å². The van der Waals surface area contributed by atoms with Crippen LogP contribution in [0.2, 0.25) is 0 Å². The lowest BCUT2D eigenvalue weighted by molar-refractivity contribution is 0.0948. The average molecular weight is 325 g/mol. The van der Waals surface area contributed by atoms with Crippen molar-refractivity contribution in [2.75, 3.05) is 25.0 Å². The lowest BCUT2D eigenvalue weighted by atomic mass is 10.1. The standard InChI is InChI=1S/C19H23N3O2/c1-14(12-20)13-21-18(23)15-7-6-8-16(11-15)19(24)22(2)17-9-4-3-5-10-17/h3-11,14H,12-13,20H2,1-2H3,(H,21,23). The number of carbonyl (C=O) groups excluding carboxylic acids is 2. The highest BCUT2D eigenvalue weighted by Gasteiger charge is 2.15. The van der Waals surface area contributed by atoms with Crippen molar-refractivity contribution < 1.29 is 9.59 Å². The van der Waals surface area contributed by atoms with Crippen LogP contribution < -0.4 is 16.0 Å². The first-order valence-corrected chi connectivity index (χ1v) is 7.94. The topological polar surface area (TPSA) is 75.4 Å². The molecule has 0 aliphatic rings. The number of para-hydroxylation sites is 1. The second-order valence-electron chi connectivity index (χ2n) is 5.83. The Kier molecular flexibility index (Phi) is 6.09. The molecule has 3 N–H and O–H groups in total. The number of carbonyl (C=O) groups is 2. The van der Waals surface area contributed by atoms with Gasteiger partial charge >= 0.3 is 0 Å². The fraction of sp³-hybridized carbons (Fsp3) is 0.263. The molecule has 0 aliphatic carbocycles. The van der Waals surface area contributed by atoms with Crippen LogP contribution in [0.3, 0.4) is 0 Å². The van der Waals surface area contributed by atoms with Gasteiger partial charge in [-0.25, -0.2) is 0 Å². The molecule has 5 heteroatoms. The molecule has 2 rings (SSSR count). The molecule has 126 valence electrons. The zero-order chi connectivity index (χ0) is 17.5. The van der Waals surface area contributed by atoms with Gasteiger partial charge in [-0.3, -0.25) is 9.59 Å². The zero-order valence-electron chi connectivity index (χ0n) is 14.0. The smallest absolute Gasteiger partial charge is 0.258 e. The number of hydrogen-bond donors (Lipinski definition) is 2. The molecular weight excluding hydrogens is 302 g/mol. The Morgan fingerprint density at radius 3 is 2.42 bits per heavy atom. The summed E-state index contributed by atoms with van der Waals surface area (Å²) >= 11 is 0. The van der Waals surface area contributed by atoms with E-state index in [2.05, 4.69) is 5.32 Å². The predicted octanol–water partition coefficient (Wildman–Crippen LogP) is 2.29. The zero-order valence-corrected chi connectivity index (χ0v) is 14.0. The third-order valence-corrected chi connectivity index (χ3v) is 3.83. The molecule has 1 atom stereocenters. The van der Waals surface area contributed by atoms with Crippen LogP contribution in [0.25, 0.3) is 0 Å². The molecule has 0 saturated carbocycles. The Balaban J connectivity index is 2.12. The summed E-state index contributed by atoms with van der Waals surface area (Å²) in [7, 11) is 1.72. The molecule has 0 aliphatic heterocycles. The first kappa shape index (κ1) is 17.7. The molecule has 0 fully saturated rings. The quantitative estimate of drug-likeness (QED) is 0.855. The number of anilines is 1. The van der Waals surface area contributed by atoms with Crippen molar-refractivity contribution >= 4 is 17.5 Å². The number of amides is 2. The number of nitrogens with two attached hydrogens (primary N) is 1. The molecule has 0 saturated heterocycles. The predicted molar refractivity (Wildman–Crippen MR) is 96.2 cm³/mol. The van der Waals surface area contributed by atoms with Crippen LogP contribution in [-0.4, -0.2) is 32.0 Å². The monoisotopic (exact) mass is 325 g/mol. The lowest BCUT2D eigenvalue weighted by Crippen LogP contribution is -2.31. The van der Waals surface area contributed by atoms with Gasteiger partial charge in [0.15, 0.2) is 0 Å². The van der Waals surface area contributed by atoms with Gasteiger partial charge in [-0.05, 0) is 42.8 Å². The van der Waals surface area contributed by atoms with E-state index in [1.807, 2.05) is 37.3 Å². The molecule has 0 radical (unpaired) electrons. The first-order chi connectivity index (χ1) is 11.5. The Bertz CT molecular complexity index is 701. The van der Waals surface area contributed by atoms with Gasteiger partial charge in [0.05, 0.1) is 0 Å². The van der Waals surface area contributed by atoms with E-state index in [0.717, 1.165) is 5.69 Å². The molecule has 0 aromatic heterocycles. The molecule has 0 bridgehead atoms. The summed E-state index contributed by atoms with van der Waals surface area (Å²) in [6, 6.07) is 16.1. The fourth-order valence-electron chi connectivity index (χ4n) is 2.21. The van der Waals surface area contributed by atoms with E-state index in [1.165, 1.54) is 0 Å². The summed E-state index contributed by atoms with van der Waals surface area (Å²) in [6.07, 6.45) is 0. The van der Waals surface area contributed by atoms with Crippen LogP contribution in [0.1, 0.15) is 27.6 Å². The maximum absolute atomic E-state index is 12.6. The molecule has 5 nitrogen and oxygen atoms in total. The highest BCUT2D eigenvalue weighted by molar-refractivity contribution is 6.07. The minimum Gasteiger partial charge on any atom is -0.352 e. The maximum Gasteiger partial charge on any atom is 0.258 e. The average Bonchev–Trinajstić information content (AvgIpc) is 2.65. The van der Waals surface area contributed by atoms with Gasteiger partial charge in [0, 0.05) is 30.4 Å². The lowest BCUT2D eigenvalue weighted by Gasteiger charge is -2.17. The van der Waals surface area contributed by atoms with Crippen molar-refractivity contribution in [1.29, 1.82) is 0 Å². The Labute approximate surface area is 142 Å². The number of benzene rings is 2. The largest absolute Gasteiger partial charge is 0.352 e. The maximum atomic E-state index is 12.6. The van der Waals surface area contributed by atoms with Crippen molar-refractivity contribution in [3.8, 4) is 0 Å². The van der Waals surface area contributed by atoms with Gasteiger partial charge in [-0.2, -0.15) is 0 Å². The molecule has 2 aromatic carbocycles. The normalized spacial score (nSPS) is 11.6. The van der Waals surface area contributed by atoms with Crippen molar-refractivity contribution in [3.05, 3.63) is 65.7 Å². The third kappa shape index (κ3) is 4.43. The molecule has 2 aromatic rings. The minimum atomic E-state index is -0.202. The number of hydrogen-bond acceptors (Lipinski definition) is 3. The third-order valence-electron chi connectivity index (χ3n) is 3.83. The van der Waals surface area contributed by atoms with E-state index in [9.17, 15) is 9.59 Å². The van der Waals surface area contributed by atoms with Crippen LogP contribution in [0.5, 0.6) is 0 Å². The van der Waals surface area contributed by atoms with Crippen molar-refractivity contribution in [1.82, 2.24) is 5.32 Å². The van der Waals surface area contributed by atoms with Crippen LogP contribution in [0.15, 0.2) is 54.6 Å². The number of nitrogens with one attached hydrogen (secondary N) is 1. The highest BCUT2D eigenvalue weighted by Crippen LogP contribution is 2.15. The first-order valence-electron chi connectivity index (χ1n) is 7.94. The van der Waals surface area contributed by atoms with Crippen molar-refractivity contribution in [2.24, 2.45) is 11.7 Å². The van der Waals surface area contributed by atoms with E-state index in [1.54, 1.807) is 36.2 Å². The number of rotatable bonds is 6. The van der Waals surface area contributed by atoms with E-state index < -0.39 is 0 Å². The summed E-state index contributed by atoms with van der Waals surface area (Å²) in [5.41, 5.74) is 7.29. The SMILES string of the molecule is CC(CN)CNC(=O)c1cccc(C(=O)N(C)c2ccccc2)c1. The Hall–Kier alpha value is -2.66.